The first-order chi connectivity index (χ1) is 4.39. The molecule has 0 heterocycles. The number of hydrogen-bond acceptors (Lipinski definition) is 1. The average molecular weight is 126 g/mol. The Morgan fingerprint density at radius 3 is 1.78 bits per heavy atom. The second-order valence-corrected chi connectivity index (χ2v) is 2.93. The van der Waals surface area contributed by atoms with E-state index in [1.54, 1.807) is 0 Å². The van der Waals surface area contributed by atoms with Crippen molar-refractivity contribution in [2.75, 3.05) is 0 Å². The van der Waals surface area contributed by atoms with Gasteiger partial charge in [0.05, 0.1) is 0 Å². The summed E-state index contributed by atoms with van der Waals surface area (Å²) in [5, 5.41) is 0. The van der Waals surface area contributed by atoms with Gasteiger partial charge >= 0.3 is 0 Å². The molecule has 2 N–H and O–H groups in total. The molecule has 1 heteroatoms. The maximum Gasteiger partial charge on any atom is 0.0336 e. The van der Waals surface area contributed by atoms with Crippen LogP contribution in [0.15, 0.2) is 0 Å². The molecule has 1 fully saturated rings. The standard InChI is InChI=1S/C8H16N/c9-8-6-4-2-1-3-5-7-8/h1-7,9H2. The van der Waals surface area contributed by atoms with E-state index in [0.717, 1.165) is 0 Å². The van der Waals surface area contributed by atoms with Gasteiger partial charge in [-0.1, -0.05) is 32.1 Å². The zero-order valence-corrected chi connectivity index (χ0v) is 6.03. The molecule has 1 radical (unpaired) electrons. The highest BCUT2D eigenvalue weighted by Gasteiger charge is 2.05. The van der Waals surface area contributed by atoms with E-state index in [4.69, 9.17) is 5.73 Å². The van der Waals surface area contributed by atoms with Gasteiger partial charge in [-0.3, -0.25) is 0 Å². The number of rotatable bonds is 0. The SMILES string of the molecule is N[C]1CCCCCCC1. The molecule has 0 aromatic carbocycles. The van der Waals surface area contributed by atoms with Gasteiger partial charge in [-0.25, -0.2) is 0 Å². The van der Waals surface area contributed by atoms with Gasteiger partial charge in [-0.2, -0.15) is 0 Å². The van der Waals surface area contributed by atoms with E-state index in [1.165, 1.54) is 51.0 Å². The Bertz CT molecular complexity index is 63.0. The van der Waals surface area contributed by atoms with Crippen LogP contribution in [-0.4, -0.2) is 0 Å². The van der Waals surface area contributed by atoms with Crippen molar-refractivity contribution in [3.8, 4) is 0 Å². The predicted molar refractivity (Wildman–Crippen MR) is 39.7 cm³/mol. The molecule has 0 aromatic heterocycles. The van der Waals surface area contributed by atoms with Gasteiger partial charge in [-0.15, -0.1) is 0 Å². The van der Waals surface area contributed by atoms with Crippen LogP contribution in [0.1, 0.15) is 44.9 Å². The molecule has 1 aliphatic carbocycles. The van der Waals surface area contributed by atoms with Gasteiger partial charge in [0.2, 0.25) is 0 Å². The van der Waals surface area contributed by atoms with Gasteiger partial charge in [0.1, 0.15) is 0 Å². The number of nitrogens with two attached hydrogens (primary N) is 1. The lowest BCUT2D eigenvalue weighted by Gasteiger charge is -2.13. The summed E-state index contributed by atoms with van der Waals surface area (Å²) in [5.41, 5.74) is 5.72. The lowest BCUT2D eigenvalue weighted by atomic mass is 9.98. The van der Waals surface area contributed by atoms with Crippen LogP contribution in [0.4, 0.5) is 0 Å². The molecular weight excluding hydrogens is 110 g/mol. The Balaban J connectivity index is 2.12. The first-order valence-corrected chi connectivity index (χ1v) is 4.00. The van der Waals surface area contributed by atoms with Gasteiger partial charge in [0, 0.05) is 6.04 Å². The fourth-order valence-electron chi connectivity index (χ4n) is 1.36. The summed E-state index contributed by atoms with van der Waals surface area (Å²) in [6.07, 6.45) is 9.21. The molecule has 0 saturated heterocycles. The normalized spacial score (nSPS) is 25.0. The van der Waals surface area contributed by atoms with Crippen molar-refractivity contribution in [3.63, 3.8) is 0 Å². The first kappa shape index (κ1) is 7.07. The molecule has 0 spiro atoms. The fourth-order valence-corrected chi connectivity index (χ4v) is 1.36. The highest BCUT2D eigenvalue weighted by molar-refractivity contribution is 4.82. The summed E-state index contributed by atoms with van der Waals surface area (Å²) in [4.78, 5) is 0. The van der Waals surface area contributed by atoms with E-state index in [-0.39, 0.29) is 0 Å². The Hall–Kier alpha value is -0.0400. The van der Waals surface area contributed by atoms with E-state index in [1.807, 2.05) is 0 Å². The maximum atomic E-state index is 5.72. The van der Waals surface area contributed by atoms with Gasteiger partial charge in [-0.05, 0) is 12.8 Å². The number of hydrogen-bond donors (Lipinski definition) is 1. The van der Waals surface area contributed by atoms with E-state index in [9.17, 15) is 0 Å². The van der Waals surface area contributed by atoms with Crippen LogP contribution < -0.4 is 5.73 Å². The summed E-state index contributed by atoms with van der Waals surface area (Å²) in [6.45, 7) is 0. The van der Waals surface area contributed by atoms with Crippen LogP contribution in [0, 0.1) is 6.04 Å². The van der Waals surface area contributed by atoms with Crippen molar-refractivity contribution in [3.05, 3.63) is 6.04 Å². The lowest BCUT2D eigenvalue weighted by molar-refractivity contribution is 0.523. The van der Waals surface area contributed by atoms with Crippen molar-refractivity contribution in [2.24, 2.45) is 5.73 Å². The molecule has 1 nitrogen and oxygen atoms in total. The third-order valence-corrected chi connectivity index (χ3v) is 2.00. The largest absolute Gasteiger partial charge is 0.324 e. The summed E-state index contributed by atoms with van der Waals surface area (Å²) in [6, 6.07) is 1.23. The van der Waals surface area contributed by atoms with E-state index in [0.29, 0.717) is 0 Å². The molecule has 9 heavy (non-hydrogen) atoms. The van der Waals surface area contributed by atoms with Crippen molar-refractivity contribution in [1.29, 1.82) is 0 Å². The maximum absolute atomic E-state index is 5.72. The van der Waals surface area contributed by atoms with Crippen molar-refractivity contribution >= 4 is 0 Å². The first-order valence-electron chi connectivity index (χ1n) is 4.00. The molecule has 1 aliphatic rings. The third-order valence-electron chi connectivity index (χ3n) is 2.00. The summed E-state index contributed by atoms with van der Waals surface area (Å²) in [7, 11) is 0. The molecule has 0 unspecified atom stereocenters. The molecule has 1 rings (SSSR count). The van der Waals surface area contributed by atoms with Crippen LogP contribution in [0.3, 0.4) is 0 Å². The zero-order chi connectivity index (χ0) is 6.53. The molecule has 53 valence electrons. The summed E-state index contributed by atoms with van der Waals surface area (Å²) >= 11 is 0. The van der Waals surface area contributed by atoms with Crippen LogP contribution >= 0.6 is 0 Å². The Labute approximate surface area is 57.6 Å². The van der Waals surface area contributed by atoms with E-state index >= 15 is 0 Å². The summed E-state index contributed by atoms with van der Waals surface area (Å²) < 4.78 is 0. The molecule has 0 atom stereocenters. The Kier molecular flexibility index (Phi) is 3.05. The minimum Gasteiger partial charge on any atom is -0.324 e. The second kappa shape index (κ2) is 3.89. The quantitative estimate of drug-likeness (QED) is 0.529. The minimum absolute atomic E-state index is 1.18. The van der Waals surface area contributed by atoms with Crippen LogP contribution in [0.25, 0.3) is 0 Å². The van der Waals surface area contributed by atoms with Gasteiger partial charge in [0.15, 0.2) is 0 Å². The molecule has 0 aromatic rings. The minimum atomic E-state index is 1.18. The highest BCUT2D eigenvalue weighted by atomic mass is 14.6. The van der Waals surface area contributed by atoms with Gasteiger partial charge < -0.3 is 5.73 Å². The highest BCUT2D eigenvalue weighted by Crippen LogP contribution is 2.19. The predicted octanol–water partition coefficient (Wildman–Crippen LogP) is 2.22. The molecule has 1 saturated carbocycles. The lowest BCUT2D eigenvalue weighted by Crippen LogP contribution is -2.10. The monoisotopic (exact) mass is 126 g/mol. The van der Waals surface area contributed by atoms with E-state index < -0.39 is 0 Å². The third kappa shape index (κ3) is 2.85. The fraction of sp³-hybridized carbons (Fsp3) is 0.875. The topological polar surface area (TPSA) is 26.0 Å². The molecule has 0 bridgehead atoms. The van der Waals surface area contributed by atoms with Crippen molar-refractivity contribution in [1.82, 2.24) is 0 Å². The zero-order valence-electron chi connectivity index (χ0n) is 6.03. The Morgan fingerprint density at radius 2 is 1.22 bits per heavy atom. The summed E-state index contributed by atoms with van der Waals surface area (Å²) in [5.74, 6) is 0. The van der Waals surface area contributed by atoms with Crippen LogP contribution in [0.2, 0.25) is 0 Å². The smallest absolute Gasteiger partial charge is 0.0336 e. The van der Waals surface area contributed by atoms with Crippen LogP contribution in [0.5, 0.6) is 0 Å². The molecule has 0 aliphatic heterocycles. The Morgan fingerprint density at radius 1 is 0.778 bits per heavy atom. The van der Waals surface area contributed by atoms with Gasteiger partial charge in [0.25, 0.3) is 0 Å². The van der Waals surface area contributed by atoms with Crippen LogP contribution in [-0.2, 0) is 0 Å². The molecular formula is C8H16N. The average Bonchev–Trinajstić information content (AvgIpc) is 1.79. The van der Waals surface area contributed by atoms with Crippen molar-refractivity contribution in [2.45, 2.75) is 44.9 Å². The molecule has 0 amide bonds. The second-order valence-electron chi connectivity index (χ2n) is 2.93. The van der Waals surface area contributed by atoms with Crippen molar-refractivity contribution < 1.29 is 0 Å². The van der Waals surface area contributed by atoms with E-state index in [2.05, 4.69) is 0 Å².